The Morgan fingerprint density at radius 1 is 1.22 bits per heavy atom. The number of hydrogen-bond acceptors (Lipinski definition) is 3. The lowest BCUT2D eigenvalue weighted by Gasteiger charge is -2.09. The van der Waals surface area contributed by atoms with Gasteiger partial charge in [-0.25, -0.2) is 4.98 Å². The van der Waals surface area contributed by atoms with E-state index in [9.17, 15) is 4.79 Å². The van der Waals surface area contributed by atoms with Gasteiger partial charge in [-0.3, -0.25) is 4.79 Å². The first-order valence-corrected chi connectivity index (χ1v) is 5.66. The Kier molecular flexibility index (Phi) is 3.28. The average molecular weight is 241 g/mol. The molecule has 3 N–H and O–H groups in total. The van der Waals surface area contributed by atoms with Crippen molar-refractivity contribution in [3.8, 4) is 0 Å². The zero-order chi connectivity index (χ0) is 13.1. The number of pyridine rings is 1. The second-order valence-electron chi connectivity index (χ2n) is 4.24. The molecule has 1 heterocycles. The Morgan fingerprint density at radius 2 is 2.00 bits per heavy atom. The van der Waals surface area contributed by atoms with Crippen LogP contribution in [-0.2, 0) is 0 Å². The Bertz CT molecular complexity index is 593. The number of benzene rings is 1. The van der Waals surface area contributed by atoms with Gasteiger partial charge >= 0.3 is 0 Å². The van der Waals surface area contributed by atoms with Gasteiger partial charge in [-0.2, -0.15) is 0 Å². The molecule has 0 fully saturated rings. The molecule has 0 bridgehead atoms. The number of nitrogens with one attached hydrogen (secondary N) is 1. The van der Waals surface area contributed by atoms with E-state index in [0.717, 1.165) is 11.3 Å². The van der Waals surface area contributed by atoms with Gasteiger partial charge in [0, 0.05) is 17.4 Å². The number of aryl methyl sites for hydroxylation is 2. The summed E-state index contributed by atoms with van der Waals surface area (Å²) in [5.74, 6) is 0.152. The number of anilines is 2. The summed E-state index contributed by atoms with van der Waals surface area (Å²) in [7, 11) is 0. The molecule has 4 heteroatoms. The molecule has 2 rings (SSSR count). The highest BCUT2D eigenvalue weighted by molar-refractivity contribution is 6.04. The second-order valence-corrected chi connectivity index (χ2v) is 4.24. The van der Waals surface area contributed by atoms with Gasteiger partial charge in [-0.05, 0) is 37.6 Å². The van der Waals surface area contributed by atoms with Crippen LogP contribution in [0.25, 0.3) is 0 Å². The van der Waals surface area contributed by atoms with Gasteiger partial charge in [-0.15, -0.1) is 0 Å². The molecule has 0 saturated heterocycles. The summed E-state index contributed by atoms with van der Waals surface area (Å²) in [4.78, 5) is 15.9. The molecule has 1 aromatic heterocycles. The lowest BCUT2D eigenvalue weighted by molar-refractivity contribution is 0.102. The van der Waals surface area contributed by atoms with E-state index in [1.807, 2.05) is 32.0 Å². The summed E-state index contributed by atoms with van der Waals surface area (Å²) >= 11 is 0. The number of nitrogens with two attached hydrogens (primary N) is 1. The van der Waals surface area contributed by atoms with Gasteiger partial charge in [-0.1, -0.05) is 17.7 Å². The molecule has 4 nitrogen and oxygen atoms in total. The lowest BCUT2D eigenvalue weighted by atomic mass is 10.1. The first kappa shape index (κ1) is 12.1. The van der Waals surface area contributed by atoms with Gasteiger partial charge in [0.05, 0.1) is 0 Å². The van der Waals surface area contributed by atoms with E-state index in [2.05, 4.69) is 10.3 Å². The molecule has 0 radical (unpaired) electrons. The molecular formula is C14H15N3O. The maximum atomic E-state index is 12.0. The van der Waals surface area contributed by atoms with Crippen molar-refractivity contribution in [2.24, 2.45) is 0 Å². The van der Waals surface area contributed by atoms with E-state index in [1.54, 1.807) is 12.1 Å². The monoisotopic (exact) mass is 241 g/mol. The number of nitrogen functional groups attached to an aromatic ring is 1. The number of aromatic nitrogens is 1. The van der Waals surface area contributed by atoms with Crippen molar-refractivity contribution < 1.29 is 4.79 Å². The summed E-state index contributed by atoms with van der Waals surface area (Å²) in [6, 6.07) is 9.07. The predicted octanol–water partition coefficient (Wildman–Crippen LogP) is 2.53. The van der Waals surface area contributed by atoms with Gasteiger partial charge in [0.25, 0.3) is 5.91 Å². The molecule has 1 aromatic carbocycles. The van der Waals surface area contributed by atoms with Crippen LogP contribution in [0.3, 0.4) is 0 Å². The zero-order valence-corrected chi connectivity index (χ0v) is 10.4. The number of hydrogen-bond donors (Lipinski definition) is 2. The van der Waals surface area contributed by atoms with Crippen LogP contribution in [0.5, 0.6) is 0 Å². The standard InChI is InChI=1S/C14H15N3O/c1-9-3-4-12(10(2)7-9)17-14(18)11-5-6-16-13(15)8-11/h3-8H,1-2H3,(H2,15,16)(H,17,18). The smallest absolute Gasteiger partial charge is 0.255 e. The van der Waals surface area contributed by atoms with E-state index in [1.165, 1.54) is 11.8 Å². The topological polar surface area (TPSA) is 68.0 Å². The quantitative estimate of drug-likeness (QED) is 0.849. The molecule has 0 atom stereocenters. The minimum atomic E-state index is -0.184. The number of rotatable bonds is 2. The van der Waals surface area contributed by atoms with Crippen molar-refractivity contribution in [2.75, 3.05) is 11.1 Å². The van der Waals surface area contributed by atoms with E-state index < -0.39 is 0 Å². The third-order valence-electron chi connectivity index (χ3n) is 2.67. The summed E-state index contributed by atoms with van der Waals surface area (Å²) < 4.78 is 0. The van der Waals surface area contributed by atoms with E-state index in [-0.39, 0.29) is 5.91 Å². The van der Waals surface area contributed by atoms with E-state index in [4.69, 9.17) is 5.73 Å². The SMILES string of the molecule is Cc1ccc(NC(=O)c2ccnc(N)c2)c(C)c1. The molecule has 0 spiro atoms. The van der Waals surface area contributed by atoms with Crippen LogP contribution in [0.4, 0.5) is 11.5 Å². The molecule has 0 unspecified atom stereocenters. The molecule has 0 aliphatic carbocycles. The van der Waals surface area contributed by atoms with Crippen molar-refractivity contribution in [3.05, 3.63) is 53.2 Å². The molecule has 1 amide bonds. The summed E-state index contributed by atoms with van der Waals surface area (Å²) in [6.07, 6.45) is 1.52. The summed E-state index contributed by atoms with van der Waals surface area (Å²) in [6.45, 7) is 3.98. The summed E-state index contributed by atoms with van der Waals surface area (Å²) in [5, 5.41) is 2.86. The van der Waals surface area contributed by atoms with Crippen LogP contribution < -0.4 is 11.1 Å². The Hall–Kier alpha value is -2.36. The van der Waals surface area contributed by atoms with Crippen molar-refractivity contribution >= 4 is 17.4 Å². The predicted molar refractivity (Wildman–Crippen MR) is 72.5 cm³/mol. The highest BCUT2D eigenvalue weighted by atomic mass is 16.1. The maximum absolute atomic E-state index is 12.0. The highest BCUT2D eigenvalue weighted by Gasteiger charge is 2.08. The van der Waals surface area contributed by atoms with Gasteiger partial charge in [0.2, 0.25) is 0 Å². The Labute approximate surface area is 106 Å². The molecule has 0 saturated carbocycles. The second kappa shape index (κ2) is 4.87. The molecule has 18 heavy (non-hydrogen) atoms. The number of carbonyl (C=O) groups is 1. The minimum Gasteiger partial charge on any atom is -0.384 e. The molecular weight excluding hydrogens is 226 g/mol. The van der Waals surface area contributed by atoms with Crippen LogP contribution >= 0.6 is 0 Å². The third-order valence-corrected chi connectivity index (χ3v) is 2.67. The first-order chi connectivity index (χ1) is 8.56. The molecule has 92 valence electrons. The number of nitrogens with zero attached hydrogens (tertiary/aromatic N) is 1. The van der Waals surface area contributed by atoms with Crippen LogP contribution in [0.15, 0.2) is 36.5 Å². The van der Waals surface area contributed by atoms with E-state index >= 15 is 0 Å². The third kappa shape index (κ3) is 2.66. The van der Waals surface area contributed by atoms with Crippen LogP contribution in [0.2, 0.25) is 0 Å². The number of carbonyl (C=O) groups excluding carboxylic acids is 1. The van der Waals surface area contributed by atoms with Gasteiger partial charge in [0.1, 0.15) is 5.82 Å². The fourth-order valence-corrected chi connectivity index (χ4v) is 1.74. The maximum Gasteiger partial charge on any atom is 0.255 e. The fraction of sp³-hybridized carbons (Fsp3) is 0.143. The van der Waals surface area contributed by atoms with Gasteiger partial charge in [0.15, 0.2) is 0 Å². The van der Waals surface area contributed by atoms with Crippen LogP contribution in [-0.4, -0.2) is 10.9 Å². The van der Waals surface area contributed by atoms with Crippen LogP contribution in [0.1, 0.15) is 21.5 Å². The average Bonchev–Trinajstić information content (AvgIpc) is 2.32. The van der Waals surface area contributed by atoms with Gasteiger partial charge < -0.3 is 11.1 Å². The van der Waals surface area contributed by atoms with Crippen molar-refractivity contribution in [3.63, 3.8) is 0 Å². The lowest BCUT2D eigenvalue weighted by Crippen LogP contribution is -2.13. The molecule has 2 aromatic rings. The summed E-state index contributed by atoms with van der Waals surface area (Å²) in [5.41, 5.74) is 9.06. The number of amides is 1. The Morgan fingerprint density at radius 3 is 2.67 bits per heavy atom. The van der Waals surface area contributed by atoms with Crippen molar-refractivity contribution in [1.82, 2.24) is 4.98 Å². The first-order valence-electron chi connectivity index (χ1n) is 5.66. The highest BCUT2D eigenvalue weighted by Crippen LogP contribution is 2.17. The van der Waals surface area contributed by atoms with Crippen molar-refractivity contribution in [2.45, 2.75) is 13.8 Å². The molecule has 0 aliphatic heterocycles. The normalized spacial score (nSPS) is 10.1. The van der Waals surface area contributed by atoms with Crippen molar-refractivity contribution in [1.29, 1.82) is 0 Å². The zero-order valence-electron chi connectivity index (χ0n) is 10.4. The largest absolute Gasteiger partial charge is 0.384 e. The minimum absolute atomic E-state index is 0.184. The van der Waals surface area contributed by atoms with Crippen LogP contribution in [0, 0.1) is 13.8 Å². The molecule has 0 aliphatic rings. The Balaban J connectivity index is 2.21. The van der Waals surface area contributed by atoms with E-state index in [0.29, 0.717) is 11.4 Å². The fourth-order valence-electron chi connectivity index (χ4n) is 1.74.